The van der Waals surface area contributed by atoms with Crippen molar-refractivity contribution >= 4 is 17.4 Å². The highest BCUT2D eigenvalue weighted by atomic mass is 16.5. The summed E-state index contributed by atoms with van der Waals surface area (Å²) in [5.74, 6) is -0.0505. The van der Waals surface area contributed by atoms with Crippen molar-refractivity contribution in [2.45, 2.75) is 59.7 Å². The van der Waals surface area contributed by atoms with E-state index in [1.165, 1.54) is 4.90 Å². The van der Waals surface area contributed by atoms with Gasteiger partial charge in [-0.25, -0.2) is 0 Å². The van der Waals surface area contributed by atoms with Crippen LogP contribution in [0.2, 0.25) is 0 Å². The number of ether oxygens (including phenoxy) is 2. The van der Waals surface area contributed by atoms with Gasteiger partial charge < -0.3 is 19.5 Å². The van der Waals surface area contributed by atoms with E-state index in [0.717, 1.165) is 16.7 Å². The molecular weight excluding hydrogens is 490 g/mol. The molecule has 0 radical (unpaired) electrons. The average molecular weight is 528 g/mol. The number of benzene rings is 3. The van der Waals surface area contributed by atoms with Crippen molar-refractivity contribution < 1.29 is 24.2 Å². The Balaban J connectivity index is 1.81. The molecule has 1 saturated heterocycles. The van der Waals surface area contributed by atoms with Crippen molar-refractivity contribution in [1.29, 1.82) is 0 Å². The van der Waals surface area contributed by atoms with Gasteiger partial charge in [-0.2, -0.15) is 0 Å². The first-order chi connectivity index (χ1) is 18.4. The topological polar surface area (TPSA) is 76.1 Å². The number of para-hydroxylation sites is 1. The zero-order valence-electron chi connectivity index (χ0n) is 23.5. The molecule has 3 aromatic rings. The highest BCUT2D eigenvalue weighted by Gasteiger charge is 2.46. The van der Waals surface area contributed by atoms with Crippen LogP contribution in [0, 0.1) is 12.8 Å². The summed E-state index contributed by atoms with van der Waals surface area (Å²) in [7, 11) is 0. The molecule has 1 aliphatic heterocycles. The molecule has 1 aliphatic rings. The summed E-state index contributed by atoms with van der Waals surface area (Å²) in [4.78, 5) is 28.6. The molecule has 1 unspecified atom stereocenters. The molecular formula is C33H37NO5. The molecule has 0 aliphatic carbocycles. The molecule has 1 fully saturated rings. The van der Waals surface area contributed by atoms with Gasteiger partial charge in [-0.05, 0) is 57.4 Å². The molecule has 3 aromatic carbocycles. The number of likely N-dealkylation sites (tertiary alicyclic amines) is 1. The predicted octanol–water partition coefficient (Wildman–Crippen LogP) is 6.83. The van der Waals surface area contributed by atoms with Crippen LogP contribution in [0.4, 0.5) is 0 Å². The summed E-state index contributed by atoms with van der Waals surface area (Å²) >= 11 is 0. The zero-order valence-corrected chi connectivity index (χ0v) is 23.5. The van der Waals surface area contributed by atoms with Crippen LogP contribution in [0.1, 0.15) is 62.9 Å². The van der Waals surface area contributed by atoms with E-state index in [0.29, 0.717) is 29.6 Å². The number of hydrogen-bond acceptors (Lipinski definition) is 5. The molecule has 4 rings (SSSR count). The first-order valence-corrected chi connectivity index (χ1v) is 13.3. The monoisotopic (exact) mass is 527 g/mol. The Morgan fingerprint density at radius 2 is 1.69 bits per heavy atom. The minimum Gasteiger partial charge on any atom is -0.507 e. The lowest BCUT2D eigenvalue weighted by atomic mass is 9.94. The molecule has 0 saturated carbocycles. The number of amides is 1. The lowest BCUT2D eigenvalue weighted by Gasteiger charge is -2.28. The second-order valence-corrected chi connectivity index (χ2v) is 11.4. The Morgan fingerprint density at radius 3 is 2.38 bits per heavy atom. The molecule has 0 spiro atoms. The van der Waals surface area contributed by atoms with Crippen LogP contribution in [0.25, 0.3) is 5.76 Å². The van der Waals surface area contributed by atoms with Crippen LogP contribution in [0.15, 0.2) is 78.4 Å². The van der Waals surface area contributed by atoms with E-state index in [9.17, 15) is 14.7 Å². The van der Waals surface area contributed by atoms with E-state index in [2.05, 4.69) is 13.8 Å². The van der Waals surface area contributed by atoms with E-state index in [-0.39, 0.29) is 17.9 Å². The molecule has 1 amide bonds. The van der Waals surface area contributed by atoms with Gasteiger partial charge in [-0.3, -0.25) is 9.59 Å². The van der Waals surface area contributed by atoms with Gasteiger partial charge in [0.1, 0.15) is 22.9 Å². The van der Waals surface area contributed by atoms with Gasteiger partial charge in [0.15, 0.2) is 0 Å². The van der Waals surface area contributed by atoms with Crippen LogP contribution < -0.4 is 9.47 Å². The van der Waals surface area contributed by atoms with Crippen molar-refractivity contribution in [3.63, 3.8) is 0 Å². The second kappa shape index (κ2) is 11.4. The Labute approximate surface area is 230 Å². The predicted molar refractivity (Wildman–Crippen MR) is 153 cm³/mol. The van der Waals surface area contributed by atoms with E-state index in [4.69, 9.17) is 9.47 Å². The number of ketones is 1. The minimum atomic E-state index is -0.771. The third kappa shape index (κ3) is 6.51. The largest absolute Gasteiger partial charge is 0.507 e. The number of Topliss-reactive ketones (excluding diaryl/α,β-unsaturated/α-hetero) is 1. The fourth-order valence-corrected chi connectivity index (χ4v) is 4.63. The zero-order chi connectivity index (χ0) is 28.3. The standard InChI is InChI=1S/C33H37NO5/c1-21(2)20-38-26-15-10-14-24(18-26)30(35)28-29(23-13-9-11-22(3)17-23)34(32(37)31(28)36)19-25-12-7-8-16-27(25)39-33(4,5)6/h7-18,21,29,35H,19-20H2,1-6H3/b30-28+. The molecule has 0 bridgehead atoms. The third-order valence-electron chi connectivity index (χ3n) is 6.32. The van der Waals surface area contributed by atoms with Gasteiger partial charge in [0, 0.05) is 11.1 Å². The van der Waals surface area contributed by atoms with Gasteiger partial charge >= 0.3 is 0 Å². The van der Waals surface area contributed by atoms with E-state index in [1.807, 2.05) is 82.3 Å². The number of aliphatic hydroxyl groups is 1. The Hall–Kier alpha value is -4.06. The number of carbonyl (C=O) groups is 2. The minimum absolute atomic E-state index is 0.0563. The SMILES string of the molecule is Cc1cccc(C2/C(=C(\O)c3cccc(OCC(C)C)c3)C(=O)C(=O)N2Cc2ccccc2OC(C)(C)C)c1. The molecule has 6 nitrogen and oxygen atoms in total. The van der Waals surface area contributed by atoms with E-state index < -0.39 is 23.3 Å². The lowest BCUT2D eigenvalue weighted by Crippen LogP contribution is -2.30. The quantitative estimate of drug-likeness (QED) is 0.197. The highest BCUT2D eigenvalue weighted by Crippen LogP contribution is 2.41. The fourth-order valence-electron chi connectivity index (χ4n) is 4.63. The number of carbonyl (C=O) groups excluding carboxylic acids is 2. The number of nitrogens with zero attached hydrogens (tertiary/aromatic N) is 1. The van der Waals surface area contributed by atoms with Crippen molar-refractivity contribution in [3.8, 4) is 11.5 Å². The molecule has 6 heteroatoms. The van der Waals surface area contributed by atoms with Crippen LogP contribution in [-0.2, 0) is 16.1 Å². The maximum Gasteiger partial charge on any atom is 0.295 e. The maximum atomic E-state index is 13.5. The smallest absolute Gasteiger partial charge is 0.295 e. The van der Waals surface area contributed by atoms with Crippen molar-refractivity contribution in [1.82, 2.24) is 4.90 Å². The number of rotatable bonds is 8. The number of hydrogen-bond donors (Lipinski definition) is 1. The second-order valence-electron chi connectivity index (χ2n) is 11.4. The Morgan fingerprint density at radius 1 is 0.974 bits per heavy atom. The van der Waals surface area contributed by atoms with Crippen LogP contribution >= 0.6 is 0 Å². The van der Waals surface area contributed by atoms with Gasteiger partial charge in [0.2, 0.25) is 0 Å². The Bertz CT molecular complexity index is 1400. The van der Waals surface area contributed by atoms with Crippen molar-refractivity contribution in [2.75, 3.05) is 6.61 Å². The van der Waals surface area contributed by atoms with E-state index >= 15 is 0 Å². The van der Waals surface area contributed by atoms with Crippen molar-refractivity contribution in [2.24, 2.45) is 5.92 Å². The molecule has 0 aromatic heterocycles. The molecule has 1 atom stereocenters. The summed E-state index contributed by atoms with van der Waals surface area (Å²) in [5, 5.41) is 11.5. The van der Waals surface area contributed by atoms with E-state index in [1.54, 1.807) is 18.2 Å². The number of aryl methyl sites for hydroxylation is 1. The van der Waals surface area contributed by atoms with Crippen LogP contribution in [0.5, 0.6) is 11.5 Å². The molecule has 204 valence electrons. The molecule has 39 heavy (non-hydrogen) atoms. The summed E-state index contributed by atoms with van der Waals surface area (Å²) in [6.07, 6.45) is 0. The normalized spacial score (nSPS) is 17.1. The first-order valence-electron chi connectivity index (χ1n) is 13.3. The molecule has 1 N–H and O–H groups in total. The van der Waals surface area contributed by atoms with Crippen LogP contribution in [0.3, 0.4) is 0 Å². The summed E-state index contributed by atoms with van der Waals surface area (Å²) in [6.45, 7) is 12.6. The van der Waals surface area contributed by atoms with Gasteiger partial charge in [-0.1, -0.05) is 74.0 Å². The fraction of sp³-hybridized carbons (Fsp3) is 0.333. The average Bonchev–Trinajstić information content (AvgIpc) is 3.12. The van der Waals surface area contributed by atoms with Crippen LogP contribution in [-0.4, -0.2) is 33.9 Å². The van der Waals surface area contributed by atoms with Gasteiger partial charge in [0.25, 0.3) is 11.7 Å². The van der Waals surface area contributed by atoms with Crippen molar-refractivity contribution in [3.05, 3.63) is 101 Å². The summed E-state index contributed by atoms with van der Waals surface area (Å²) < 4.78 is 12.0. The van der Waals surface area contributed by atoms with Gasteiger partial charge in [0.05, 0.1) is 24.8 Å². The maximum absolute atomic E-state index is 13.5. The third-order valence-corrected chi connectivity index (χ3v) is 6.32. The lowest BCUT2D eigenvalue weighted by molar-refractivity contribution is -0.140. The summed E-state index contributed by atoms with van der Waals surface area (Å²) in [6, 6.07) is 21.4. The molecule has 1 heterocycles. The van der Waals surface area contributed by atoms with Gasteiger partial charge in [-0.15, -0.1) is 0 Å². The summed E-state index contributed by atoms with van der Waals surface area (Å²) in [5.41, 5.74) is 2.54. The highest BCUT2D eigenvalue weighted by molar-refractivity contribution is 6.46. The number of aliphatic hydroxyl groups excluding tert-OH is 1. The first kappa shape index (κ1) is 28.0. The Kier molecular flexibility index (Phi) is 8.14.